The van der Waals surface area contributed by atoms with Gasteiger partial charge < -0.3 is 15.0 Å². The SMILES string of the molecule is Cn1cc(-c2cnc(Cl)nc2NCC2CCCN(C(=O)OC(C)(C)C)C2)cn1. The number of piperidine rings is 1. The number of aromatic nitrogens is 4. The number of hydrogen-bond donors (Lipinski definition) is 1. The first-order valence-electron chi connectivity index (χ1n) is 9.44. The van der Waals surface area contributed by atoms with Gasteiger partial charge in [-0.3, -0.25) is 4.68 Å². The molecule has 1 saturated heterocycles. The smallest absolute Gasteiger partial charge is 0.410 e. The summed E-state index contributed by atoms with van der Waals surface area (Å²) in [5.74, 6) is 0.971. The van der Waals surface area contributed by atoms with E-state index in [0.717, 1.165) is 30.5 Å². The second-order valence-corrected chi connectivity index (χ2v) is 8.46. The maximum Gasteiger partial charge on any atom is 0.410 e. The van der Waals surface area contributed by atoms with Gasteiger partial charge in [0.1, 0.15) is 11.4 Å². The van der Waals surface area contributed by atoms with E-state index in [2.05, 4.69) is 20.4 Å². The molecule has 28 heavy (non-hydrogen) atoms. The second-order valence-electron chi connectivity index (χ2n) is 8.12. The molecule has 0 bridgehead atoms. The maximum atomic E-state index is 12.4. The summed E-state index contributed by atoms with van der Waals surface area (Å²) < 4.78 is 7.23. The molecule has 1 aliphatic heterocycles. The first-order valence-corrected chi connectivity index (χ1v) is 9.82. The summed E-state index contributed by atoms with van der Waals surface area (Å²) in [4.78, 5) is 22.6. The second kappa shape index (κ2) is 8.34. The van der Waals surface area contributed by atoms with Crippen molar-refractivity contribution in [1.82, 2.24) is 24.6 Å². The Morgan fingerprint density at radius 2 is 2.18 bits per heavy atom. The standard InChI is InChI=1S/C19H27ClN6O2/c1-19(2,3)28-18(27)26-7-5-6-13(11-26)8-21-16-15(10-22-17(20)24-16)14-9-23-25(4)12-14/h9-10,12-13H,5-8,11H2,1-4H3,(H,21,22,24). The summed E-state index contributed by atoms with van der Waals surface area (Å²) in [6.07, 6.45) is 7.10. The van der Waals surface area contributed by atoms with Gasteiger partial charge in [-0.05, 0) is 51.1 Å². The molecule has 8 nitrogen and oxygen atoms in total. The zero-order chi connectivity index (χ0) is 20.3. The minimum Gasteiger partial charge on any atom is -0.444 e. The molecule has 3 heterocycles. The minimum absolute atomic E-state index is 0.189. The molecule has 0 aromatic carbocycles. The highest BCUT2D eigenvalue weighted by molar-refractivity contribution is 6.28. The van der Waals surface area contributed by atoms with Crippen molar-refractivity contribution in [2.24, 2.45) is 13.0 Å². The number of anilines is 1. The molecule has 2 aromatic heterocycles. The van der Waals surface area contributed by atoms with Crippen LogP contribution in [0.2, 0.25) is 5.28 Å². The normalized spacial score (nSPS) is 17.5. The van der Waals surface area contributed by atoms with Crippen LogP contribution in [-0.4, -0.2) is 56.0 Å². The van der Waals surface area contributed by atoms with Crippen molar-refractivity contribution in [3.05, 3.63) is 23.9 Å². The third kappa shape index (κ3) is 5.34. The number of halogens is 1. The monoisotopic (exact) mass is 406 g/mol. The van der Waals surface area contributed by atoms with Crippen LogP contribution < -0.4 is 5.32 Å². The van der Waals surface area contributed by atoms with Crippen molar-refractivity contribution in [3.8, 4) is 11.1 Å². The van der Waals surface area contributed by atoms with E-state index in [-0.39, 0.29) is 11.4 Å². The lowest BCUT2D eigenvalue weighted by molar-refractivity contribution is 0.0172. The summed E-state index contributed by atoms with van der Waals surface area (Å²) in [6, 6.07) is 0. The Bertz CT molecular complexity index is 832. The molecule has 1 unspecified atom stereocenters. The van der Waals surface area contributed by atoms with Crippen LogP contribution in [0.5, 0.6) is 0 Å². The van der Waals surface area contributed by atoms with Gasteiger partial charge in [-0.15, -0.1) is 0 Å². The van der Waals surface area contributed by atoms with Gasteiger partial charge in [0.15, 0.2) is 0 Å². The molecule has 1 N–H and O–H groups in total. The van der Waals surface area contributed by atoms with Crippen molar-refractivity contribution in [2.45, 2.75) is 39.2 Å². The number of nitrogens with zero attached hydrogens (tertiary/aromatic N) is 5. The molecular formula is C19H27ClN6O2. The number of ether oxygens (including phenoxy) is 1. The van der Waals surface area contributed by atoms with E-state index in [1.807, 2.05) is 34.0 Å². The lowest BCUT2D eigenvalue weighted by Gasteiger charge is -2.34. The third-order valence-corrected chi connectivity index (χ3v) is 4.69. The van der Waals surface area contributed by atoms with Crippen LogP contribution in [0, 0.1) is 5.92 Å². The quantitative estimate of drug-likeness (QED) is 0.781. The fourth-order valence-corrected chi connectivity index (χ4v) is 3.36. The van der Waals surface area contributed by atoms with E-state index in [4.69, 9.17) is 16.3 Å². The Morgan fingerprint density at radius 1 is 1.39 bits per heavy atom. The number of nitrogens with one attached hydrogen (secondary N) is 1. The predicted octanol–water partition coefficient (Wildman–Crippen LogP) is 3.59. The fourth-order valence-electron chi connectivity index (χ4n) is 3.23. The van der Waals surface area contributed by atoms with Gasteiger partial charge in [0, 0.05) is 50.2 Å². The van der Waals surface area contributed by atoms with Crippen LogP contribution in [0.1, 0.15) is 33.6 Å². The van der Waals surface area contributed by atoms with Gasteiger partial charge in [0.05, 0.1) is 6.20 Å². The van der Waals surface area contributed by atoms with Gasteiger partial charge in [0.2, 0.25) is 5.28 Å². The van der Waals surface area contributed by atoms with Gasteiger partial charge >= 0.3 is 6.09 Å². The number of aryl methyl sites for hydroxylation is 1. The van der Waals surface area contributed by atoms with Crippen LogP contribution in [0.25, 0.3) is 11.1 Å². The zero-order valence-corrected chi connectivity index (χ0v) is 17.5. The average Bonchev–Trinajstić information content (AvgIpc) is 3.05. The zero-order valence-electron chi connectivity index (χ0n) is 16.8. The molecule has 0 aliphatic carbocycles. The molecule has 1 amide bonds. The summed E-state index contributed by atoms with van der Waals surface area (Å²) in [5, 5.41) is 7.78. The predicted molar refractivity (Wildman–Crippen MR) is 108 cm³/mol. The Hall–Kier alpha value is -2.35. The first kappa shape index (κ1) is 20.4. The van der Waals surface area contributed by atoms with Gasteiger partial charge in [0.25, 0.3) is 0 Å². The molecular weight excluding hydrogens is 380 g/mol. The summed E-state index contributed by atoms with van der Waals surface area (Å²) in [6.45, 7) is 7.71. The summed E-state index contributed by atoms with van der Waals surface area (Å²) in [7, 11) is 1.86. The van der Waals surface area contributed by atoms with Crippen LogP contribution in [-0.2, 0) is 11.8 Å². The average molecular weight is 407 g/mol. The van der Waals surface area contributed by atoms with Crippen molar-refractivity contribution in [1.29, 1.82) is 0 Å². The highest BCUT2D eigenvalue weighted by Crippen LogP contribution is 2.27. The van der Waals surface area contributed by atoms with Crippen LogP contribution in [0.4, 0.5) is 10.6 Å². The molecule has 3 rings (SSSR count). The van der Waals surface area contributed by atoms with Crippen molar-refractivity contribution in [2.75, 3.05) is 25.0 Å². The lowest BCUT2D eigenvalue weighted by Crippen LogP contribution is -2.44. The molecule has 9 heteroatoms. The summed E-state index contributed by atoms with van der Waals surface area (Å²) in [5.41, 5.74) is 1.27. The highest BCUT2D eigenvalue weighted by Gasteiger charge is 2.27. The molecule has 1 atom stereocenters. The van der Waals surface area contributed by atoms with E-state index < -0.39 is 5.60 Å². The Labute approximate surface area is 170 Å². The number of amides is 1. The number of carbonyl (C=O) groups is 1. The van der Waals surface area contributed by atoms with Crippen LogP contribution in [0.15, 0.2) is 18.6 Å². The molecule has 152 valence electrons. The lowest BCUT2D eigenvalue weighted by atomic mass is 9.98. The van der Waals surface area contributed by atoms with Gasteiger partial charge in [-0.1, -0.05) is 0 Å². The number of likely N-dealkylation sites (tertiary alicyclic amines) is 1. The number of hydrogen-bond acceptors (Lipinski definition) is 6. The Balaban J connectivity index is 1.65. The van der Waals surface area contributed by atoms with Crippen LogP contribution >= 0.6 is 11.6 Å². The van der Waals surface area contributed by atoms with E-state index in [9.17, 15) is 4.79 Å². The molecule has 1 fully saturated rings. The largest absolute Gasteiger partial charge is 0.444 e. The topological polar surface area (TPSA) is 85.2 Å². The molecule has 1 aliphatic rings. The number of carbonyl (C=O) groups excluding carboxylic acids is 1. The van der Waals surface area contributed by atoms with E-state index >= 15 is 0 Å². The van der Waals surface area contributed by atoms with E-state index in [0.29, 0.717) is 24.8 Å². The highest BCUT2D eigenvalue weighted by atomic mass is 35.5. The number of rotatable bonds is 4. The first-order chi connectivity index (χ1) is 13.2. The molecule has 0 radical (unpaired) electrons. The summed E-state index contributed by atoms with van der Waals surface area (Å²) >= 11 is 6.00. The van der Waals surface area contributed by atoms with Crippen molar-refractivity contribution < 1.29 is 9.53 Å². The molecule has 2 aromatic rings. The Morgan fingerprint density at radius 3 is 2.86 bits per heavy atom. The third-order valence-electron chi connectivity index (χ3n) is 4.50. The minimum atomic E-state index is -0.487. The maximum absolute atomic E-state index is 12.4. The fraction of sp³-hybridized carbons (Fsp3) is 0.579. The van der Waals surface area contributed by atoms with Crippen molar-refractivity contribution in [3.63, 3.8) is 0 Å². The van der Waals surface area contributed by atoms with Gasteiger partial charge in [-0.25, -0.2) is 14.8 Å². The van der Waals surface area contributed by atoms with Crippen molar-refractivity contribution >= 4 is 23.5 Å². The van der Waals surface area contributed by atoms with Crippen LogP contribution in [0.3, 0.4) is 0 Å². The van der Waals surface area contributed by atoms with E-state index in [1.165, 1.54) is 0 Å². The molecule has 0 saturated carbocycles. The van der Waals surface area contributed by atoms with Gasteiger partial charge in [-0.2, -0.15) is 5.10 Å². The van der Waals surface area contributed by atoms with E-state index in [1.54, 1.807) is 22.0 Å². The molecule has 0 spiro atoms. The Kier molecular flexibility index (Phi) is 6.07.